The van der Waals surface area contributed by atoms with Gasteiger partial charge < -0.3 is 5.11 Å². The number of phenolic OH excluding ortho intramolecular Hbond substituents is 1. The molecule has 3 heterocycles. The number of aromatic hydroxyl groups is 1. The van der Waals surface area contributed by atoms with E-state index in [0.717, 1.165) is 45.9 Å². The standard InChI is InChI=1S/C17H11FN2O2S.C9H15N/c18-13-7-11(21)4-6-15(13)20-9-19-14-8-12(5-3-10-1-2-10)23-16(14)17(20)22;1-10-8-4-2-3-7-5-6-9(7,8)10/h4,6-10,21H,1-2H2;7-8H,2-6H2,1H3. The number of phenols is 1. The first kappa shape index (κ1) is 20.9. The maximum Gasteiger partial charge on any atom is 0.275 e. The molecule has 1 saturated heterocycles. The van der Waals surface area contributed by atoms with Crippen molar-refractivity contribution in [2.24, 2.45) is 11.8 Å². The summed E-state index contributed by atoms with van der Waals surface area (Å²) < 4.78 is 15.6. The topological polar surface area (TPSA) is 58.1 Å². The van der Waals surface area contributed by atoms with E-state index >= 15 is 0 Å². The Morgan fingerprint density at radius 1 is 1.21 bits per heavy atom. The van der Waals surface area contributed by atoms with Crippen molar-refractivity contribution >= 4 is 21.6 Å². The maximum absolute atomic E-state index is 14.0. The SMILES string of the molecule is CN1C2CCCC3CCC321.O=c1c2sc(C#CC3CC3)cc2ncn1-c1ccc(O)cc1F. The second-order valence-corrected chi connectivity index (χ2v) is 10.8. The highest BCUT2D eigenvalue weighted by Gasteiger charge is 2.69. The van der Waals surface area contributed by atoms with E-state index in [4.69, 9.17) is 0 Å². The van der Waals surface area contributed by atoms with E-state index in [1.54, 1.807) is 6.07 Å². The molecule has 1 aromatic carbocycles. The van der Waals surface area contributed by atoms with Gasteiger partial charge in [-0.05, 0) is 69.7 Å². The predicted molar refractivity (Wildman–Crippen MR) is 127 cm³/mol. The fourth-order valence-electron chi connectivity index (χ4n) is 5.75. The monoisotopic (exact) mass is 463 g/mol. The fraction of sp³-hybridized carbons (Fsp3) is 0.462. The zero-order valence-electron chi connectivity index (χ0n) is 18.6. The van der Waals surface area contributed by atoms with Gasteiger partial charge in [-0.2, -0.15) is 0 Å². The van der Waals surface area contributed by atoms with E-state index in [-0.39, 0.29) is 17.0 Å². The summed E-state index contributed by atoms with van der Waals surface area (Å²) in [6, 6.07) is 6.44. The van der Waals surface area contributed by atoms with Crippen molar-refractivity contribution in [2.45, 2.75) is 56.5 Å². The Kier molecular flexibility index (Phi) is 4.86. The summed E-state index contributed by atoms with van der Waals surface area (Å²) in [5, 5.41) is 9.28. The molecule has 7 rings (SSSR count). The van der Waals surface area contributed by atoms with Crippen molar-refractivity contribution in [2.75, 3.05) is 7.05 Å². The maximum atomic E-state index is 14.0. The molecule has 3 aliphatic carbocycles. The Morgan fingerprint density at radius 2 is 2.06 bits per heavy atom. The molecule has 4 atom stereocenters. The highest BCUT2D eigenvalue weighted by molar-refractivity contribution is 7.19. The first-order chi connectivity index (χ1) is 16.0. The molecule has 7 heteroatoms. The van der Waals surface area contributed by atoms with Crippen LogP contribution in [0.2, 0.25) is 0 Å². The lowest BCUT2D eigenvalue weighted by atomic mass is 9.65. The van der Waals surface area contributed by atoms with Crippen LogP contribution in [-0.2, 0) is 0 Å². The van der Waals surface area contributed by atoms with Crippen LogP contribution >= 0.6 is 11.3 Å². The van der Waals surface area contributed by atoms with Crippen LogP contribution in [0.1, 0.15) is 49.8 Å². The van der Waals surface area contributed by atoms with Gasteiger partial charge in [-0.15, -0.1) is 11.3 Å². The van der Waals surface area contributed by atoms with E-state index in [1.165, 1.54) is 61.9 Å². The molecule has 0 radical (unpaired) electrons. The molecular weight excluding hydrogens is 437 g/mol. The molecular formula is C26H26FN3O2S. The fourth-order valence-corrected chi connectivity index (χ4v) is 6.65. The minimum atomic E-state index is -0.682. The van der Waals surface area contributed by atoms with Crippen LogP contribution in [0.5, 0.6) is 5.75 Å². The number of likely N-dealkylation sites (tertiary alicyclic amines) is 1. The van der Waals surface area contributed by atoms with Crippen LogP contribution in [0, 0.1) is 29.5 Å². The lowest BCUT2D eigenvalue weighted by Crippen LogP contribution is -2.41. The van der Waals surface area contributed by atoms with Crippen LogP contribution in [-0.4, -0.2) is 38.2 Å². The van der Waals surface area contributed by atoms with Crippen molar-refractivity contribution in [3.63, 3.8) is 0 Å². The summed E-state index contributed by atoms with van der Waals surface area (Å²) in [6.45, 7) is 0. The number of fused-ring (bicyclic) bond motifs is 1. The number of nitrogens with zero attached hydrogens (tertiary/aromatic N) is 3. The van der Waals surface area contributed by atoms with Crippen LogP contribution in [0.25, 0.3) is 15.9 Å². The van der Waals surface area contributed by atoms with Crippen molar-refractivity contribution in [1.29, 1.82) is 0 Å². The van der Waals surface area contributed by atoms with Gasteiger partial charge in [-0.1, -0.05) is 18.3 Å². The van der Waals surface area contributed by atoms with Crippen LogP contribution < -0.4 is 5.56 Å². The van der Waals surface area contributed by atoms with Crippen LogP contribution in [0.3, 0.4) is 0 Å². The first-order valence-electron chi connectivity index (χ1n) is 11.7. The van der Waals surface area contributed by atoms with Crippen molar-refractivity contribution < 1.29 is 9.50 Å². The molecule has 4 unspecified atom stereocenters. The van der Waals surface area contributed by atoms with E-state index in [9.17, 15) is 14.3 Å². The van der Waals surface area contributed by atoms with Crippen molar-refractivity contribution in [1.82, 2.24) is 14.5 Å². The Morgan fingerprint density at radius 3 is 2.73 bits per heavy atom. The quantitative estimate of drug-likeness (QED) is 0.420. The molecule has 0 amide bonds. The predicted octanol–water partition coefficient (Wildman–Crippen LogP) is 4.69. The zero-order valence-corrected chi connectivity index (χ0v) is 19.4. The third-order valence-corrected chi connectivity index (χ3v) is 8.90. The third-order valence-electron chi connectivity index (χ3n) is 7.87. The number of likely N-dealkylation sites (N-methyl/N-ethyl adjacent to an activating group) is 1. The second-order valence-electron chi connectivity index (χ2n) is 9.71. The number of hydrogen-bond acceptors (Lipinski definition) is 5. The Balaban J connectivity index is 0.000000169. The summed E-state index contributed by atoms with van der Waals surface area (Å²) >= 11 is 1.27. The van der Waals surface area contributed by atoms with E-state index in [0.29, 0.717) is 16.1 Å². The Bertz CT molecular complexity index is 1360. The van der Waals surface area contributed by atoms with Gasteiger partial charge in [-0.25, -0.2) is 9.37 Å². The molecule has 3 aromatic rings. The Hall–Kier alpha value is -2.69. The normalized spacial score (nSPS) is 29.0. The molecule has 0 bridgehead atoms. The number of aromatic nitrogens is 2. The van der Waals surface area contributed by atoms with Crippen molar-refractivity contribution in [3.8, 4) is 23.3 Å². The van der Waals surface area contributed by atoms with E-state index in [1.807, 2.05) is 0 Å². The van der Waals surface area contributed by atoms with Gasteiger partial charge in [0.15, 0.2) is 5.82 Å². The first-order valence-corrected chi connectivity index (χ1v) is 12.5. The summed E-state index contributed by atoms with van der Waals surface area (Å²) in [6.07, 6.45) is 11.1. The highest BCUT2D eigenvalue weighted by Crippen LogP contribution is 2.63. The van der Waals surface area contributed by atoms with Crippen LogP contribution in [0.4, 0.5) is 4.39 Å². The minimum Gasteiger partial charge on any atom is -0.508 e. The van der Waals surface area contributed by atoms with Gasteiger partial charge in [-0.3, -0.25) is 14.3 Å². The molecule has 1 spiro atoms. The molecule has 1 N–H and O–H groups in total. The number of halogens is 1. The molecule has 5 nitrogen and oxygen atoms in total. The van der Waals surface area contributed by atoms with Gasteiger partial charge in [0.1, 0.15) is 16.8 Å². The lowest BCUT2D eigenvalue weighted by Gasteiger charge is -2.40. The highest BCUT2D eigenvalue weighted by atomic mass is 32.1. The number of benzene rings is 1. The average molecular weight is 464 g/mol. The molecule has 33 heavy (non-hydrogen) atoms. The van der Waals surface area contributed by atoms with Gasteiger partial charge in [0.05, 0.1) is 16.1 Å². The summed E-state index contributed by atoms with van der Waals surface area (Å²) in [5.74, 6) is 6.94. The number of hydrogen-bond donors (Lipinski definition) is 1. The summed E-state index contributed by atoms with van der Waals surface area (Å²) in [4.78, 5) is 20.2. The van der Waals surface area contributed by atoms with Gasteiger partial charge in [0.2, 0.25) is 0 Å². The lowest BCUT2D eigenvalue weighted by molar-refractivity contribution is 0.145. The van der Waals surface area contributed by atoms with E-state index < -0.39 is 5.82 Å². The van der Waals surface area contributed by atoms with Gasteiger partial charge in [0.25, 0.3) is 5.56 Å². The number of thiophene rings is 1. The zero-order chi connectivity index (χ0) is 22.7. The minimum absolute atomic E-state index is 0.0567. The average Bonchev–Trinajstić information content (AvgIpc) is 3.67. The number of rotatable bonds is 1. The Labute approximate surface area is 195 Å². The molecule has 1 aliphatic heterocycles. The molecule has 170 valence electrons. The molecule has 4 fully saturated rings. The summed E-state index contributed by atoms with van der Waals surface area (Å²) in [5.41, 5.74) is 1.05. The van der Waals surface area contributed by atoms with Crippen molar-refractivity contribution in [3.05, 3.63) is 51.6 Å². The largest absolute Gasteiger partial charge is 0.508 e. The van der Waals surface area contributed by atoms with E-state index in [2.05, 4.69) is 28.8 Å². The van der Waals surface area contributed by atoms with Crippen LogP contribution in [0.15, 0.2) is 35.4 Å². The molecule has 3 saturated carbocycles. The smallest absolute Gasteiger partial charge is 0.275 e. The van der Waals surface area contributed by atoms with Gasteiger partial charge in [0, 0.05) is 23.6 Å². The third kappa shape index (κ3) is 3.48. The van der Waals surface area contributed by atoms with Gasteiger partial charge >= 0.3 is 0 Å². The molecule has 4 aliphatic rings. The second kappa shape index (κ2) is 7.68. The molecule has 2 aromatic heterocycles. The summed E-state index contributed by atoms with van der Waals surface area (Å²) in [7, 11) is 2.32.